The first kappa shape index (κ1) is 21.7. The van der Waals surface area contributed by atoms with E-state index >= 15 is 0 Å². The monoisotopic (exact) mass is 378 g/mol. The van der Waals surface area contributed by atoms with Gasteiger partial charge in [0.2, 0.25) is 0 Å². The van der Waals surface area contributed by atoms with Crippen LogP contribution < -0.4 is 0 Å². The van der Waals surface area contributed by atoms with Gasteiger partial charge in [0.05, 0.1) is 6.54 Å². The van der Waals surface area contributed by atoms with Crippen molar-refractivity contribution in [1.82, 2.24) is 9.80 Å². The number of piperidine rings is 2. The fourth-order valence-corrected chi connectivity index (χ4v) is 4.30. The van der Waals surface area contributed by atoms with Crippen LogP contribution in [-0.4, -0.2) is 53.5 Å². The van der Waals surface area contributed by atoms with Crippen LogP contribution in [0.1, 0.15) is 60.3 Å². The van der Waals surface area contributed by atoms with Crippen molar-refractivity contribution in [2.75, 3.05) is 19.6 Å². The Hall–Kier alpha value is -0.620. The topological polar surface area (TPSA) is 6.48 Å². The maximum absolute atomic E-state index is 14.6. The number of halogens is 4. The minimum absolute atomic E-state index is 0.0237. The molecule has 2 aliphatic rings. The van der Waals surface area contributed by atoms with Gasteiger partial charge >= 0.3 is 6.05 Å². The average molecular weight is 378 g/mol. The van der Waals surface area contributed by atoms with E-state index in [1.54, 1.807) is 19.9 Å². The second-order valence-electron chi connectivity index (χ2n) is 8.66. The van der Waals surface area contributed by atoms with Crippen molar-refractivity contribution >= 4 is 0 Å². The highest BCUT2D eigenvalue weighted by Crippen LogP contribution is 2.39. The van der Waals surface area contributed by atoms with E-state index in [1.807, 2.05) is 25.7 Å². The first-order chi connectivity index (χ1) is 11.9. The maximum Gasteiger partial charge on any atom is 0.305 e. The van der Waals surface area contributed by atoms with Gasteiger partial charge in [-0.15, -0.1) is 0 Å². The molecule has 2 nitrogen and oxygen atoms in total. The molecule has 152 valence electrons. The van der Waals surface area contributed by atoms with Crippen LogP contribution in [0.25, 0.3) is 0 Å². The highest BCUT2D eigenvalue weighted by molar-refractivity contribution is 5.11. The lowest BCUT2D eigenvalue weighted by Gasteiger charge is -2.42. The molecule has 0 amide bonds. The molecule has 0 N–H and O–H groups in total. The molecule has 0 aromatic rings. The lowest BCUT2D eigenvalue weighted by Crippen LogP contribution is -2.52. The van der Waals surface area contributed by atoms with Crippen LogP contribution >= 0.6 is 0 Å². The molecule has 6 heteroatoms. The molecule has 2 heterocycles. The largest absolute Gasteiger partial charge is 0.305 e. The van der Waals surface area contributed by atoms with Crippen molar-refractivity contribution in [1.29, 1.82) is 0 Å². The van der Waals surface area contributed by atoms with Gasteiger partial charge < -0.3 is 0 Å². The minimum Gasteiger partial charge on any atom is -0.295 e. The number of alkyl halides is 4. The van der Waals surface area contributed by atoms with Crippen molar-refractivity contribution in [3.05, 3.63) is 11.6 Å². The van der Waals surface area contributed by atoms with Crippen molar-refractivity contribution in [3.63, 3.8) is 0 Å². The zero-order valence-electron chi connectivity index (χ0n) is 16.7. The second-order valence-corrected chi connectivity index (χ2v) is 8.66. The second kappa shape index (κ2) is 8.17. The van der Waals surface area contributed by atoms with Crippen molar-refractivity contribution in [3.8, 4) is 0 Å². The van der Waals surface area contributed by atoms with Crippen molar-refractivity contribution < 1.29 is 17.6 Å². The zero-order chi connectivity index (χ0) is 19.7. The Morgan fingerprint density at radius 3 is 2.31 bits per heavy atom. The molecule has 0 aromatic carbocycles. The minimum atomic E-state index is -2.80. The van der Waals surface area contributed by atoms with E-state index in [-0.39, 0.29) is 31.0 Å². The van der Waals surface area contributed by atoms with Gasteiger partial charge in [0.25, 0.3) is 5.92 Å². The van der Waals surface area contributed by atoms with Crippen LogP contribution in [0.2, 0.25) is 0 Å². The molecular formula is C20H34F4N2. The molecular weight excluding hydrogens is 344 g/mol. The molecule has 0 aromatic heterocycles. The van der Waals surface area contributed by atoms with Gasteiger partial charge in [0.1, 0.15) is 0 Å². The number of nitrogens with zero attached hydrogens (tertiary/aromatic N) is 2. The fraction of sp³-hybridized carbons (Fsp3) is 0.900. The maximum atomic E-state index is 14.6. The molecule has 0 saturated carbocycles. The summed E-state index contributed by atoms with van der Waals surface area (Å²) < 4.78 is 57.7. The van der Waals surface area contributed by atoms with E-state index in [9.17, 15) is 17.6 Å². The first-order valence-corrected chi connectivity index (χ1v) is 9.87. The fourth-order valence-electron chi connectivity index (χ4n) is 4.30. The van der Waals surface area contributed by atoms with E-state index in [2.05, 4.69) is 0 Å². The molecule has 3 unspecified atom stereocenters. The molecule has 0 aliphatic carbocycles. The van der Waals surface area contributed by atoms with Gasteiger partial charge in [-0.25, -0.2) is 13.7 Å². The van der Waals surface area contributed by atoms with E-state index in [0.717, 1.165) is 6.42 Å². The summed E-state index contributed by atoms with van der Waals surface area (Å²) in [5, 5.41) is 0. The van der Waals surface area contributed by atoms with E-state index in [4.69, 9.17) is 0 Å². The van der Waals surface area contributed by atoms with Gasteiger partial charge in [-0.2, -0.15) is 8.78 Å². The summed E-state index contributed by atoms with van der Waals surface area (Å²) in [7, 11) is 0. The van der Waals surface area contributed by atoms with Gasteiger partial charge in [-0.1, -0.05) is 18.6 Å². The third kappa shape index (κ3) is 5.00. The van der Waals surface area contributed by atoms with Gasteiger partial charge in [-0.05, 0) is 59.4 Å². The van der Waals surface area contributed by atoms with Gasteiger partial charge in [0, 0.05) is 31.0 Å². The Morgan fingerprint density at radius 2 is 1.77 bits per heavy atom. The van der Waals surface area contributed by atoms with Crippen molar-refractivity contribution in [2.24, 2.45) is 11.8 Å². The molecule has 2 rings (SSSR count). The summed E-state index contributed by atoms with van der Waals surface area (Å²) in [5.41, 5.74) is 0.638. The van der Waals surface area contributed by atoms with Crippen LogP contribution in [0.5, 0.6) is 0 Å². The smallest absolute Gasteiger partial charge is 0.295 e. The molecule has 0 spiro atoms. The Kier molecular flexibility index (Phi) is 6.81. The van der Waals surface area contributed by atoms with Crippen LogP contribution in [0.4, 0.5) is 17.6 Å². The SMILES string of the molecule is C/C(=C\CC(C)N1CCC(C)CC1(F)F)C1CCN(C(C)C)CC1(F)F. The van der Waals surface area contributed by atoms with E-state index in [1.165, 1.54) is 4.90 Å². The molecule has 2 fully saturated rings. The molecule has 3 atom stereocenters. The van der Waals surface area contributed by atoms with Crippen molar-refractivity contribution in [2.45, 2.75) is 84.4 Å². The lowest BCUT2D eigenvalue weighted by atomic mass is 9.85. The Balaban J connectivity index is 1.99. The predicted octanol–water partition coefficient (Wildman–Crippen LogP) is 5.40. The summed E-state index contributed by atoms with van der Waals surface area (Å²) >= 11 is 0. The number of hydrogen-bond acceptors (Lipinski definition) is 2. The number of hydrogen-bond donors (Lipinski definition) is 0. The number of allylic oxidation sites excluding steroid dienone is 1. The summed E-state index contributed by atoms with van der Waals surface area (Å²) in [6.45, 7) is 10.0. The molecule has 2 aliphatic heterocycles. The first-order valence-electron chi connectivity index (χ1n) is 9.87. The van der Waals surface area contributed by atoms with Crippen LogP contribution in [0, 0.1) is 11.8 Å². The Morgan fingerprint density at radius 1 is 1.12 bits per heavy atom. The highest BCUT2D eigenvalue weighted by atomic mass is 19.3. The quantitative estimate of drug-likeness (QED) is 0.359. The Bertz CT molecular complexity index is 504. The molecule has 2 saturated heterocycles. The summed E-state index contributed by atoms with van der Waals surface area (Å²) in [6, 6.07) is -3.04. The van der Waals surface area contributed by atoms with Crippen LogP contribution in [0.15, 0.2) is 11.6 Å². The third-order valence-corrected chi connectivity index (χ3v) is 6.10. The summed E-state index contributed by atoms with van der Waals surface area (Å²) in [6.07, 6.45) is 3.21. The average Bonchev–Trinajstić information content (AvgIpc) is 2.50. The van der Waals surface area contributed by atoms with Gasteiger partial charge in [0.15, 0.2) is 0 Å². The number of rotatable bonds is 5. The third-order valence-electron chi connectivity index (χ3n) is 6.10. The predicted molar refractivity (Wildman–Crippen MR) is 97.7 cm³/mol. The zero-order valence-corrected chi connectivity index (χ0v) is 16.7. The van der Waals surface area contributed by atoms with E-state index in [0.29, 0.717) is 31.5 Å². The summed E-state index contributed by atoms with van der Waals surface area (Å²) in [4.78, 5) is 3.05. The van der Waals surface area contributed by atoms with Crippen LogP contribution in [-0.2, 0) is 0 Å². The Labute approximate surface area is 155 Å². The molecule has 0 radical (unpaired) electrons. The normalized spacial score (nSPS) is 32.0. The van der Waals surface area contributed by atoms with E-state index < -0.39 is 17.9 Å². The highest BCUT2D eigenvalue weighted by Gasteiger charge is 2.46. The van der Waals surface area contributed by atoms with Gasteiger partial charge in [-0.3, -0.25) is 4.90 Å². The van der Waals surface area contributed by atoms with Crippen LogP contribution in [0.3, 0.4) is 0 Å². The summed E-state index contributed by atoms with van der Waals surface area (Å²) in [5.74, 6) is -3.53. The molecule has 0 bridgehead atoms. The molecule has 26 heavy (non-hydrogen) atoms. The lowest BCUT2D eigenvalue weighted by molar-refractivity contribution is -0.192. The standard InChI is InChI=1S/C20H34F4N2/c1-14(2)25-10-9-18(19(21,22)13-25)16(4)6-7-17(5)26-11-8-15(3)12-20(26,23)24/h6,14-15,17-18H,7-13H2,1-5H3/b16-6+. The number of likely N-dealkylation sites (tertiary alicyclic amines) is 2.